The van der Waals surface area contributed by atoms with Gasteiger partial charge in [0.05, 0.1) is 5.52 Å². The first-order valence-electron chi connectivity index (χ1n) is 7.75. The number of halogens is 3. The highest BCUT2D eigenvalue weighted by Gasteiger charge is 2.19. The van der Waals surface area contributed by atoms with Gasteiger partial charge in [0.15, 0.2) is 0 Å². The van der Waals surface area contributed by atoms with Crippen LogP contribution in [-0.4, -0.2) is 27.5 Å². The molecule has 8 heteroatoms. The van der Waals surface area contributed by atoms with Crippen molar-refractivity contribution < 1.29 is 8.78 Å². The molecule has 1 aliphatic heterocycles. The molecule has 3 heterocycles. The average molecular weight is 384 g/mol. The summed E-state index contributed by atoms with van der Waals surface area (Å²) in [5.41, 5.74) is 1.06. The minimum atomic E-state index is -0.442. The quantitative estimate of drug-likeness (QED) is 0.682. The maximum Gasteiger partial charge on any atom is 0.271 e. The van der Waals surface area contributed by atoms with Crippen LogP contribution in [0.15, 0.2) is 34.4 Å². The molecule has 0 spiro atoms. The molecular formula is C17H16ClF2N3OS. The molecule has 0 unspecified atom stereocenters. The summed E-state index contributed by atoms with van der Waals surface area (Å²) in [5, 5.41) is 1.87. The summed E-state index contributed by atoms with van der Waals surface area (Å²) in [5.74, 6) is -0.0929. The molecule has 0 saturated heterocycles. The van der Waals surface area contributed by atoms with Gasteiger partial charge in [0, 0.05) is 38.2 Å². The van der Waals surface area contributed by atoms with Gasteiger partial charge in [0.2, 0.25) is 0 Å². The van der Waals surface area contributed by atoms with E-state index in [1.54, 1.807) is 4.57 Å². The molecule has 2 aromatic heterocycles. The van der Waals surface area contributed by atoms with Crippen LogP contribution in [0.1, 0.15) is 11.4 Å². The zero-order valence-corrected chi connectivity index (χ0v) is 14.9. The molecule has 4 rings (SSSR count). The Bertz CT molecular complexity index is 972. The summed E-state index contributed by atoms with van der Waals surface area (Å²) in [6, 6.07) is 5.35. The van der Waals surface area contributed by atoms with Crippen molar-refractivity contribution in [1.82, 2.24) is 14.5 Å². The van der Waals surface area contributed by atoms with E-state index in [9.17, 15) is 13.6 Å². The molecule has 0 N–H and O–H groups in total. The fraction of sp³-hybridized carbons (Fsp3) is 0.294. The van der Waals surface area contributed by atoms with Gasteiger partial charge in [-0.15, -0.1) is 23.7 Å². The highest BCUT2D eigenvalue weighted by atomic mass is 35.5. The van der Waals surface area contributed by atoms with E-state index in [-0.39, 0.29) is 18.0 Å². The second kappa shape index (κ2) is 7.19. The second-order valence-electron chi connectivity index (χ2n) is 5.88. The number of fused-ring (bicyclic) bond motifs is 2. The van der Waals surface area contributed by atoms with Crippen molar-refractivity contribution in [2.45, 2.75) is 19.5 Å². The minimum absolute atomic E-state index is 0. The van der Waals surface area contributed by atoms with Crippen LogP contribution in [-0.2, 0) is 19.5 Å². The fourth-order valence-electron chi connectivity index (χ4n) is 3.09. The van der Waals surface area contributed by atoms with Crippen LogP contribution in [0.2, 0.25) is 0 Å². The van der Waals surface area contributed by atoms with E-state index in [2.05, 4.69) is 4.98 Å². The Morgan fingerprint density at radius 3 is 2.84 bits per heavy atom. The average Bonchev–Trinajstić information content (AvgIpc) is 2.94. The first-order valence-corrected chi connectivity index (χ1v) is 8.63. The van der Waals surface area contributed by atoms with Crippen LogP contribution in [0.25, 0.3) is 10.2 Å². The van der Waals surface area contributed by atoms with Gasteiger partial charge >= 0.3 is 0 Å². The third-order valence-electron chi connectivity index (χ3n) is 4.34. The highest BCUT2D eigenvalue weighted by molar-refractivity contribution is 7.17. The van der Waals surface area contributed by atoms with E-state index >= 15 is 0 Å². The lowest BCUT2D eigenvalue weighted by molar-refractivity contribution is 0.267. The maximum atomic E-state index is 13.8. The molecule has 25 heavy (non-hydrogen) atoms. The van der Waals surface area contributed by atoms with Gasteiger partial charge in [-0.05, 0) is 29.6 Å². The van der Waals surface area contributed by atoms with Crippen molar-refractivity contribution in [3.05, 3.63) is 63.0 Å². The number of nitrogens with zero attached hydrogens (tertiary/aromatic N) is 3. The molecule has 0 radical (unpaired) electrons. The molecule has 132 valence electrons. The predicted octanol–water partition coefficient (Wildman–Crippen LogP) is 3.22. The van der Waals surface area contributed by atoms with E-state index < -0.39 is 11.6 Å². The normalized spacial score (nSPS) is 14.8. The molecule has 0 bridgehead atoms. The number of hydrogen-bond acceptors (Lipinski definition) is 4. The molecule has 1 aromatic carbocycles. The second-order valence-corrected chi connectivity index (χ2v) is 6.80. The van der Waals surface area contributed by atoms with Crippen molar-refractivity contribution in [2.24, 2.45) is 0 Å². The Balaban J connectivity index is 0.00000182. The number of benzene rings is 1. The standard InChI is InChI=1S/C17H15F2N3OS.ClH/c18-12-1-2-13(19)11(9-12)10-21-5-3-15-20-14-4-8-24-16(14)17(23)22(15)7-6-21;/h1-2,4,8-9H,3,5-7,10H2;1H. The largest absolute Gasteiger partial charge is 0.297 e. The zero-order chi connectivity index (χ0) is 16.7. The van der Waals surface area contributed by atoms with Gasteiger partial charge < -0.3 is 0 Å². The van der Waals surface area contributed by atoms with E-state index in [1.165, 1.54) is 17.4 Å². The Hall–Kier alpha value is -1.83. The van der Waals surface area contributed by atoms with Gasteiger partial charge in [-0.1, -0.05) is 0 Å². The van der Waals surface area contributed by atoms with E-state index in [0.717, 1.165) is 23.5 Å². The van der Waals surface area contributed by atoms with Crippen LogP contribution >= 0.6 is 23.7 Å². The van der Waals surface area contributed by atoms with Crippen LogP contribution in [0.5, 0.6) is 0 Å². The summed E-state index contributed by atoms with van der Waals surface area (Å²) in [6.07, 6.45) is 0.609. The molecule has 0 fully saturated rings. The predicted molar refractivity (Wildman–Crippen MR) is 96.5 cm³/mol. The summed E-state index contributed by atoms with van der Waals surface area (Å²) in [7, 11) is 0. The topological polar surface area (TPSA) is 38.1 Å². The fourth-order valence-corrected chi connectivity index (χ4v) is 3.86. The minimum Gasteiger partial charge on any atom is -0.297 e. The van der Waals surface area contributed by atoms with Crippen molar-refractivity contribution in [2.75, 3.05) is 13.1 Å². The van der Waals surface area contributed by atoms with Gasteiger partial charge in [-0.2, -0.15) is 0 Å². The SMILES string of the molecule is Cl.O=c1c2sccc2nc2n1CCN(Cc1cc(F)ccc1F)CC2. The number of hydrogen-bond donors (Lipinski definition) is 0. The number of aromatic nitrogens is 2. The van der Waals surface area contributed by atoms with Crippen molar-refractivity contribution >= 4 is 34.0 Å². The van der Waals surface area contributed by atoms with Crippen LogP contribution < -0.4 is 5.56 Å². The molecule has 0 amide bonds. The molecule has 4 nitrogen and oxygen atoms in total. The van der Waals surface area contributed by atoms with Gasteiger partial charge in [-0.3, -0.25) is 14.3 Å². The monoisotopic (exact) mass is 383 g/mol. The Kier molecular flexibility index (Phi) is 5.17. The lowest BCUT2D eigenvalue weighted by atomic mass is 10.2. The zero-order valence-electron chi connectivity index (χ0n) is 13.2. The Morgan fingerprint density at radius 1 is 1.16 bits per heavy atom. The van der Waals surface area contributed by atoms with Crippen molar-refractivity contribution in [3.8, 4) is 0 Å². The lowest BCUT2D eigenvalue weighted by Gasteiger charge is -2.19. The highest BCUT2D eigenvalue weighted by Crippen LogP contribution is 2.18. The van der Waals surface area contributed by atoms with E-state index in [1.807, 2.05) is 16.3 Å². The summed E-state index contributed by atoms with van der Waals surface area (Å²) < 4.78 is 29.6. The van der Waals surface area contributed by atoms with Gasteiger partial charge in [0.25, 0.3) is 5.56 Å². The van der Waals surface area contributed by atoms with E-state index in [0.29, 0.717) is 42.9 Å². The smallest absolute Gasteiger partial charge is 0.271 e. The van der Waals surface area contributed by atoms with Crippen molar-refractivity contribution in [1.29, 1.82) is 0 Å². The number of thiophene rings is 1. The molecule has 0 saturated carbocycles. The van der Waals surface area contributed by atoms with Crippen LogP contribution in [0.4, 0.5) is 8.78 Å². The molecular weight excluding hydrogens is 368 g/mol. The summed E-state index contributed by atoms with van der Waals surface area (Å²) >= 11 is 1.40. The Labute approximate surface area is 153 Å². The van der Waals surface area contributed by atoms with Gasteiger partial charge in [-0.25, -0.2) is 13.8 Å². The molecule has 0 aliphatic carbocycles. The van der Waals surface area contributed by atoms with Crippen LogP contribution in [0.3, 0.4) is 0 Å². The third-order valence-corrected chi connectivity index (χ3v) is 5.23. The van der Waals surface area contributed by atoms with Crippen LogP contribution in [0, 0.1) is 11.6 Å². The first kappa shape index (κ1) is 18.0. The van der Waals surface area contributed by atoms with Gasteiger partial charge in [0.1, 0.15) is 22.2 Å². The first-order chi connectivity index (χ1) is 11.6. The third kappa shape index (κ3) is 3.44. The Morgan fingerprint density at radius 2 is 2.00 bits per heavy atom. The number of rotatable bonds is 2. The maximum absolute atomic E-state index is 13.8. The molecule has 0 atom stereocenters. The summed E-state index contributed by atoms with van der Waals surface area (Å²) in [4.78, 5) is 19.2. The lowest BCUT2D eigenvalue weighted by Crippen LogP contribution is -2.28. The van der Waals surface area contributed by atoms with Crippen molar-refractivity contribution in [3.63, 3.8) is 0 Å². The molecule has 3 aromatic rings. The van der Waals surface area contributed by atoms with E-state index in [4.69, 9.17) is 0 Å². The molecule has 1 aliphatic rings. The summed E-state index contributed by atoms with van der Waals surface area (Å²) in [6.45, 7) is 2.08.